The first-order valence-corrected chi connectivity index (χ1v) is 7.21. The van der Waals surface area contributed by atoms with E-state index < -0.39 is 8.56 Å². The van der Waals surface area contributed by atoms with E-state index in [4.69, 9.17) is 13.6 Å². The summed E-state index contributed by atoms with van der Waals surface area (Å²) in [5, 5.41) is 0. The largest absolute Gasteiger partial charge is 0.395 e. The lowest BCUT2D eigenvalue weighted by molar-refractivity contribution is 0.113. The Balaban J connectivity index is 3.42. The van der Waals surface area contributed by atoms with Gasteiger partial charge in [0, 0.05) is 13.7 Å². The molecule has 0 aliphatic carbocycles. The van der Waals surface area contributed by atoms with E-state index in [1.54, 1.807) is 7.11 Å². The molecule has 0 bridgehead atoms. The molecule has 0 heterocycles. The van der Waals surface area contributed by atoms with Crippen LogP contribution in [0.15, 0.2) is 0 Å². The van der Waals surface area contributed by atoms with E-state index in [1.807, 2.05) is 0 Å². The van der Waals surface area contributed by atoms with Gasteiger partial charge in [-0.15, -0.1) is 0 Å². The van der Waals surface area contributed by atoms with E-state index in [-0.39, 0.29) is 0 Å². The lowest BCUT2D eigenvalue weighted by Crippen LogP contribution is -2.36. The van der Waals surface area contributed by atoms with Gasteiger partial charge in [-0.2, -0.15) is 0 Å². The van der Waals surface area contributed by atoms with E-state index >= 15 is 0 Å². The quantitative estimate of drug-likeness (QED) is 0.454. The Labute approximate surface area is 76.3 Å². The topological polar surface area (TPSA) is 27.7 Å². The van der Waals surface area contributed by atoms with Gasteiger partial charge in [0.05, 0.1) is 13.2 Å². The first kappa shape index (κ1) is 12.1. The van der Waals surface area contributed by atoms with Crippen molar-refractivity contribution in [1.82, 2.24) is 0 Å². The Morgan fingerprint density at radius 2 is 1.58 bits per heavy atom. The van der Waals surface area contributed by atoms with Crippen molar-refractivity contribution in [3.05, 3.63) is 0 Å². The molecule has 0 amide bonds. The van der Waals surface area contributed by atoms with Crippen LogP contribution >= 0.6 is 0 Å². The predicted octanol–water partition coefficient (Wildman–Crippen LogP) is 1.78. The van der Waals surface area contributed by atoms with Crippen LogP contribution in [0.2, 0.25) is 13.1 Å². The zero-order valence-electron chi connectivity index (χ0n) is 8.55. The number of hydrogen-bond donors (Lipinski definition) is 0. The molecule has 0 saturated carbocycles. The van der Waals surface area contributed by atoms with Crippen molar-refractivity contribution in [2.24, 2.45) is 0 Å². The van der Waals surface area contributed by atoms with Crippen LogP contribution < -0.4 is 0 Å². The fourth-order valence-electron chi connectivity index (χ4n) is 0.760. The van der Waals surface area contributed by atoms with Gasteiger partial charge in [0.15, 0.2) is 0 Å². The van der Waals surface area contributed by atoms with Crippen molar-refractivity contribution in [1.29, 1.82) is 0 Å². The fourth-order valence-corrected chi connectivity index (χ4v) is 2.11. The average Bonchev–Trinajstić information content (AvgIpc) is 2.01. The summed E-state index contributed by atoms with van der Waals surface area (Å²) >= 11 is 0. The summed E-state index contributed by atoms with van der Waals surface area (Å²) < 4.78 is 16.0. The third-order valence-corrected chi connectivity index (χ3v) is 3.19. The zero-order valence-corrected chi connectivity index (χ0v) is 9.55. The zero-order chi connectivity index (χ0) is 9.45. The molecule has 0 aliphatic rings. The van der Waals surface area contributed by atoms with Crippen LogP contribution in [0, 0.1) is 0 Å². The second kappa shape index (κ2) is 6.60. The van der Waals surface area contributed by atoms with Gasteiger partial charge < -0.3 is 13.6 Å². The lowest BCUT2D eigenvalue weighted by atomic mass is 10.5. The highest BCUT2D eigenvalue weighted by molar-refractivity contribution is 6.64. The molecule has 0 radical (unpaired) electrons. The van der Waals surface area contributed by atoms with Gasteiger partial charge in [-0.1, -0.05) is 6.92 Å². The Morgan fingerprint density at radius 3 is 2.08 bits per heavy atom. The second-order valence-corrected chi connectivity index (χ2v) is 6.47. The maximum Gasteiger partial charge on any atom is 0.331 e. The van der Waals surface area contributed by atoms with Gasteiger partial charge >= 0.3 is 8.56 Å². The number of rotatable bonds is 7. The standard InChI is InChI=1S/C8H20O3Si/c1-5-6-10-12(3,4)11-8-7-9-2/h5-8H2,1-4H3. The third-order valence-electron chi connectivity index (χ3n) is 1.39. The molecule has 0 spiro atoms. The van der Waals surface area contributed by atoms with E-state index in [0.29, 0.717) is 13.2 Å². The molecule has 4 heteroatoms. The highest BCUT2D eigenvalue weighted by atomic mass is 28.4. The first-order chi connectivity index (χ1) is 5.62. The van der Waals surface area contributed by atoms with Crippen LogP contribution in [0.5, 0.6) is 0 Å². The number of methoxy groups -OCH3 is 1. The fraction of sp³-hybridized carbons (Fsp3) is 1.00. The summed E-state index contributed by atoms with van der Waals surface area (Å²) in [5.41, 5.74) is 0. The minimum atomic E-state index is -1.84. The smallest absolute Gasteiger partial charge is 0.331 e. The van der Waals surface area contributed by atoms with E-state index in [9.17, 15) is 0 Å². The Kier molecular flexibility index (Phi) is 6.65. The van der Waals surface area contributed by atoms with E-state index in [1.165, 1.54) is 0 Å². The van der Waals surface area contributed by atoms with Crippen molar-refractivity contribution >= 4 is 8.56 Å². The maximum atomic E-state index is 5.59. The van der Waals surface area contributed by atoms with Gasteiger partial charge in [-0.25, -0.2) is 0 Å². The monoisotopic (exact) mass is 192 g/mol. The molecule has 0 rings (SSSR count). The molecular weight excluding hydrogens is 172 g/mol. The molecule has 0 unspecified atom stereocenters. The van der Waals surface area contributed by atoms with E-state index in [0.717, 1.165) is 13.0 Å². The van der Waals surface area contributed by atoms with Gasteiger partial charge in [-0.05, 0) is 19.5 Å². The molecule has 0 aromatic carbocycles. The first-order valence-electron chi connectivity index (χ1n) is 4.39. The normalized spacial score (nSPS) is 12.0. The SMILES string of the molecule is CCCO[Si](C)(C)OCCOC. The molecule has 0 aromatic heterocycles. The van der Waals surface area contributed by atoms with Crippen LogP contribution in [0.4, 0.5) is 0 Å². The van der Waals surface area contributed by atoms with Crippen LogP contribution in [0.3, 0.4) is 0 Å². The van der Waals surface area contributed by atoms with Crippen molar-refractivity contribution in [3.63, 3.8) is 0 Å². The molecule has 0 saturated heterocycles. The molecule has 0 aliphatic heterocycles. The highest BCUT2D eigenvalue weighted by Gasteiger charge is 2.23. The third kappa shape index (κ3) is 6.79. The van der Waals surface area contributed by atoms with Crippen LogP contribution in [0.1, 0.15) is 13.3 Å². The Bertz CT molecular complexity index is 106. The summed E-state index contributed by atoms with van der Waals surface area (Å²) in [6.07, 6.45) is 1.05. The van der Waals surface area contributed by atoms with Gasteiger partial charge in [0.1, 0.15) is 0 Å². The van der Waals surface area contributed by atoms with Crippen molar-refractivity contribution in [2.75, 3.05) is 26.9 Å². The van der Waals surface area contributed by atoms with Gasteiger partial charge in [0.2, 0.25) is 0 Å². The van der Waals surface area contributed by atoms with Crippen LogP contribution in [-0.4, -0.2) is 35.5 Å². The molecule has 3 nitrogen and oxygen atoms in total. The van der Waals surface area contributed by atoms with Crippen LogP contribution in [-0.2, 0) is 13.6 Å². The molecular formula is C8H20O3Si. The molecule has 0 aromatic rings. The van der Waals surface area contributed by atoms with Gasteiger partial charge in [0.25, 0.3) is 0 Å². The number of ether oxygens (including phenoxy) is 1. The van der Waals surface area contributed by atoms with Gasteiger partial charge in [-0.3, -0.25) is 0 Å². The molecule has 0 fully saturated rings. The minimum Gasteiger partial charge on any atom is -0.395 e. The second-order valence-electron chi connectivity index (χ2n) is 3.09. The molecule has 12 heavy (non-hydrogen) atoms. The maximum absolute atomic E-state index is 5.59. The summed E-state index contributed by atoms with van der Waals surface area (Å²) in [7, 11) is -0.170. The summed E-state index contributed by atoms with van der Waals surface area (Å²) in [4.78, 5) is 0. The lowest BCUT2D eigenvalue weighted by Gasteiger charge is -2.22. The predicted molar refractivity (Wildman–Crippen MR) is 51.6 cm³/mol. The average molecular weight is 192 g/mol. The van der Waals surface area contributed by atoms with Crippen molar-refractivity contribution < 1.29 is 13.6 Å². The molecule has 0 N–H and O–H groups in total. The highest BCUT2D eigenvalue weighted by Crippen LogP contribution is 2.06. The van der Waals surface area contributed by atoms with Crippen molar-refractivity contribution in [3.8, 4) is 0 Å². The number of hydrogen-bond acceptors (Lipinski definition) is 3. The Morgan fingerprint density at radius 1 is 1.00 bits per heavy atom. The minimum absolute atomic E-state index is 0.638. The molecule has 74 valence electrons. The van der Waals surface area contributed by atoms with Crippen LogP contribution in [0.25, 0.3) is 0 Å². The summed E-state index contributed by atoms with van der Waals surface area (Å²) in [6.45, 7) is 8.29. The van der Waals surface area contributed by atoms with Crippen molar-refractivity contribution in [2.45, 2.75) is 26.4 Å². The Hall–Kier alpha value is 0.0969. The summed E-state index contributed by atoms with van der Waals surface area (Å²) in [5.74, 6) is 0. The molecule has 0 atom stereocenters. The van der Waals surface area contributed by atoms with E-state index in [2.05, 4.69) is 20.0 Å². The summed E-state index contributed by atoms with van der Waals surface area (Å²) in [6, 6.07) is 0.